The van der Waals surface area contributed by atoms with Crippen LogP contribution in [0.4, 0.5) is 0 Å². The van der Waals surface area contributed by atoms with Crippen LogP contribution >= 0.6 is 0 Å². The Kier molecular flexibility index (Phi) is 21.3. The molecular weight excluding hydrogens is 540 g/mol. The van der Waals surface area contributed by atoms with Gasteiger partial charge in [-0.05, 0) is 83.6 Å². The van der Waals surface area contributed by atoms with Gasteiger partial charge in [0.1, 0.15) is 6.10 Å². The molecule has 0 aromatic carbocycles. The summed E-state index contributed by atoms with van der Waals surface area (Å²) in [7, 11) is 0. The van der Waals surface area contributed by atoms with Crippen molar-refractivity contribution >= 4 is 5.97 Å². The van der Waals surface area contributed by atoms with Gasteiger partial charge in [-0.1, -0.05) is 103 Å². The number of unbranched alkanes of at least 4 members (excludes halogenated alkanes) is 14. The number of hydrogen-bond acceptors (Lipinski definition) is 6. The van der Waals surface area contributed by atoms with Crippen molar-refractivity contribution in [2.45, 2.75) is 205 Å². The first-order chi connectivity index (χ1) is 20.9. The Balaban J connectivity index is 1.40. The number of ether oxygens (including phenoxy) is 2. The predicted octanol–water partition coefficient (Wildman–Crippen LogP) is 8.65. The van der Waals surface area contributed by atoms with E-state index in [1.54, 1.807) is 0 Å². The van der Waals surface area contributed by atoms with Gasteiger partial charge < -0.3 is 24.8 Å². The van der Waals surface area contributed by atoms with Crippen molar-refractivity contribution in [2.24, 2.45) is 0 Å². The number of cyclic esters (lactones) is 1. The van der Waals surface area contributed by atoms with Crippen LogP contribution in [0.25, 0.3) is 0 Å². The second-order valence-corrected chi connectivity index (χ2v) is 13.3. The smallest absolute Gasteiger partial charge is 0.334 e. The molecule has 1 saturated heterocycles. The molecule has 0 radical (unpaired) electrons. The van der Waals surface area contributed by atoms with Gasteiger partial charge in [0.15, 0.2) is 0 Å². The van der Waals surface area contributed by atoms with Gasteiger partial charge in [0, 0.05) is 5.57 Å². The van der Waals surface area contributed by atoms with Crippen LogP contribution in [0.5, 0.6) is 0 Å². The highest BCUT2D eigenvalue weighted by atomic mass is 16.5. The number of aliphatic hydroxyl groups excluding tert-OH is 3. The SMILES string of the molecule is CCCCCCCCCCCC/C=C\CC[C@H](O)[C@H](O)CC[C@H](O)[C@H]1CC[C@@H](CCCCCCCC2=C[C@@H](C)OC2=O)O1. The molecule has 0 unspecified atom stereocenters. The lowest BCUT2D eigenvalue weighted by Crippen LogP contribution is -2.31. The molecule has 0 aromatic heterocycles. The van der Waals surface area contributed by atoms with E-state index < -0.39 is 18.3 Å². The van der Waals surface area contributed by atoms with E-state index in [9.17, 15) is 20.1 Å². The molecule has 0 spiro atoms. The Morgan fingerprint density at radius 2 is 1.37 bits per heavy atom. The fraction of sp³-hybridized carbons (Fsp3) is 0.865. The van der Waals surface area contributed by atoms with E-state index in [1.165, 1.54) is 64.2 Å². The molecule has 2 aliphatic rings. The van der Waals surface area contributed by atoms with Crippen molar-refractivity contribution in [3.8, 4) is 0 Å². The quantitative estimate of drug-likeness (QED) is 0.0492. The summed E-state index contributed by atoms with van der Waals surface area (Å²) < 4.78 is 11.3. The molecule has 43 heavy (non-hydrogen) atoms. The van der Waals surface area contributed by atoms with Crippen molar-refractivity contribution in [2.75, 3.05) is 0 Å². The molecule has 1 fully saturated rings. The summed E-state index contributed by atoms with van der Waals surface area (Å²) in [5, 5.41) is 31.4. The Labute approximate surface area is 263 Å². The second-order valence-electron chi connectivity index (χ2n) is 13.3. The minimum Gasteiger partial charge on any atom is -0.455 e. The summed E-state index contributed by atoms with van der Waals surface area (Å²) >= 11 is 0. The Hall–Kier alpha value is -1.21. The first-order valence-electron chi connectivity index (χ1n) is 18.2. The average molecular weight is 607 g/mol. The van der Waals surface area contributed by atoms with Crippen molar-refractivity contribution in [1.29, 1.82) is 0 Å². The highest BCUT2D eigenvalue weighted by molar-refractivity contribution is 5.90. The van der Waals surface area contributed by atoms with Gasteiger partial charge in [-0.2, -0.15) is 0 Å². The number of allylic oxidation sites excluding steroid dienone is 2. The first kappa shape index (κ1) is 38.0. The summed E-state index contributed by atoms with van der Waals surface area (Å²) in [6, 6.07) is 0. The van der Waals surface area contributed by atoms with Crippen LogP contribution in [0.3, 0.4) is 0 Å². The fourth-order valence-electron chi connectivity index (χ4n) is 6.43. The van der Waals surface area contributed by atoms with E-state index in [4.69, 9.17) is 9.47 Å². The minimum atomic E-state index is -0.804. The Morgan fingerprint density at radius 1 is 0.767 bits per heavy atom. The van der Waals surface area contributed by atoms with Crippen LogP contribution in [0.15, 0.2) is 23.8 Å². The molecule has 2 rings (SSSR count). The van der Waals surface area contributed by atoms with Crippen LogP contribution in [0.1, 0.15) is 168 Å². The first-order valence-corrected chi connectivity index (χ1v) is 18.2. The molecular formula is C37H66O6. The number of aliphatic hydroxyl groups is 3. The van der Waals surface area contributed by atoms with Crippen molar-refractivity contribution < 1.29 is 29.6 Å². The monoisotopic (exact) mass is 606 g/mol. The Morgan fingerprint density at radius 3 is 2.05 bits per heavy atom. The topological polar surface area (TPSA) is 96.2 Å². The maximum atomic E-state index is 11.7. The van der Waals surface area contributed by atoms with Gasteiger partial charge in [0.05, 0.1) is 30.5 Å². The number of carbonyl (C=O) groups is 1. The molecule has 3 N–H and O–H groups in total. The highest BCUT2D eigenvalue weighted by Crippen LogP contribution is 2.28. The largest absolute Gasteiger partial charge is 0.455 e. The van der Waals surface area contributed by atoms with Gasteiger partial charge in [-0.15, -0.1) is 0 Å². The minimum absolute atomic E-state index is 0.0748. The molecule has 0 saturated carbocycles. The zero-order chi connectivity index (χ0) is 31.1. The zero-order valence-electron chi connectivity index (χ0n) is 27.7. The molecule has 2 heterocycles. The summed E-state index contributed by atoms with van der Waals surface area (Å²) in [5.74, 6) is -0.147. The molecule has 0 aromatic rings. The molecule has 0 amide bonds. The average Bonchev–Trinajstić information content (AvgIpc) is 3.60. The van der Waals surface area contributed by atoms with Crippen LogP contribution < -0.4 is 0 Å². The highest BCUT2D eigenvalue weighted by Gasteiger charge is 2.31. The standard InChI is InChI=1S/C37H66O6/c1-3-4-5-6-7-8-9-10-11-12-13-14-18-21-24-33(38)34(39)26-27-35(40)36-28-25-32(43-36)23-20-17-15-16-19-22-31-29-30(2)42-37(31)41/h14,18,29-30,32-36,38-40H,3-13,15-17,19-28H2,1-2H3/b18-14-/t30-,32-,33+,34-,35+,36-/m1/s1. The zero-order valence-corrected chi connectivity index (χ0v) is 27.7. The normalized spacial score (nSPS) is 22.7. The van der Waals surface area contributed by atoms with Gasteiger partial charge in [0.25, 0.3) is 0 Å². The van der Waals surface area contributed by atoms with E-state index in [0.29, 0.717) is 19.3 Å². The third-order valence-electron chi connectivity index (χ3n) is 9.26. The summed E-state index contributed by atoms with van der Waals surface area (Å²) in [6.45, 7) is 4.16. The second kappa shape index (κ2) is 24.1. The summed E-state index contributed by atoms with van der Waals surface area (Å²) in [5.41, 5.74) is 0.834. The Bertz CT molecular complexity index is 764. The van der Waals surface area contributed by atoms with Gasteiger partial charge in [-0.3, -0.25) is 0 Å². The van der Waals surface area contributed by atoms with Crippen molar-refractivity contribution in [1.82, 2.24) is 0 Å². The molecule has 6 heteroatoms. The predicted molar refractivity (Wildman–Crippen MR) is 176 cm³/mol. The van der Waals surface area contributed by atoms with Crippen LogP contribution in [0.2, 0.25) is 0 Å². The maximum Gasteiger partial charge on any atom is 0.334 e. The summed E-state index contributed by atoms with van der Waals surface area (Å²) in [4.78, 5) is 11.7. The van der Waals surface area contributed by atoms with E-state index in [2.05, 4.69) is 19.1 Å². The number of rotatable bonds is 27. The molecule has 6 nitrogen and oxygen atoms in total. The van der Waals surface area contributed by atoms with E-state index in [-0.39, 0.29) is 24.3 Å². The summed E-state index contributed by atoms with van der Waals surface area (Å²) in [6.07, 6.45) is 30.2. The van der Waals surface area contributed by atoms with Crippen LogP contribution in [-0.2, 0) is 14.3 Å². The number of carbonyl (C=O) groups excluding carboxylic acids is 1. The molecule has 250 valence electrons. The van der Waals surface area contributed by atoms with E-state index >= 15 is 0 Å². The molecule has 0 aliphatic carbocycles. The molecule has 6 atom stereocenters. The molecule has 2 aliphatic heterocycles. The van der Waals surface area contributed by atoms with Gasteiger partial charge in [0.2, 0.25) is 0 Å². The van der Waals surface area contributed by atoms with Gasteiger partial charge in [-0.25, -0.2) is 4.79 Å². The third kappa shape index (κ3) is 17.8. The maximum absolute atomic E-state index is 11.7. The van der Waals surface area contributed by atoms with Gasteiger partial charge >= 0.3 is 5.97 Å². The third-order valence-corrected chi connectivity index (χ3v) is 9.26. The van der Waals surface area contributed by atoms with E-state index in [1.807, 2.05) is 13.0 Å². The lowest BCUT2D eigenvalue weighted by atomic mass is 9.98. The van der Waals surface area contributed by atoms with Crippen molar-refractivity contribution in [3.05, 3.63) is 23.8 Å². The molecule has 0 bridgehead atoms. The number of esters is 1. The number of hydrogen-bond donors (Lipinski definition) is 3. The fourth-order valence-corrected chi connectivity index (χ4v) is 6.43. The lowest BCUT2D eigenvalue weighted by molar-refractivity contribution is -0.139. The van der Waals surface area contributed by atoms with Crippen molar-refractivity contribution in [3.63, 3.8) is 0 Å². The van der Waals surface area contributed by atoms with E-state index in [0.717, 1.165) is 76.2 Å². The lowest BCUT2D eigenvalue weighted by Gasteiger charge is -2.22. The van der Waals surface area contributed by atoms with Crippen LogP contribution in [0, 0.1) is 0 Å². The van der Waals surface area contributed by atoms with Crippen LogP contribution in [-0.4, -0.2) is 57.9 Å².